The molecule has 20 heavy (non-hydrogen) atoms. The highest BCUT2D eigenvalue weighted by atomic mass is 16.7. The molecule has 1 heterocycles. The Morgan fingerprint density at radius 2 is 2.00 bits per heavy atom. The van der Waals surface area contributed by atoms with E-state index < -0.39 is 4.92 Å². The van der Waals surface area contributed by atoms with Gasteiger partial charge < -0.3 is 0 Å². The molecule has 0 saturated heterocycles. The van der Waals surface area contributed by atoms with Crippen LogP contribution in [0.5, 0.6) is 0 Å². The third-order valence-electron chi connectivity index (χ3n) is 2.97. The van der Waals surface area contributed by atoms with Crippen molar-refractivity contribution < 1.29 is 9.76 Å². The van der Waals surface area contributed by atoms with Gasteiger partial charge in [-0.15, -0.1) is 0 Å². The molecule has 104 valence electrons. The minimum Gasteiger partial charge on any atom is -0.269 e. The quantitative estimate of drug-likeness (QED) is 0.623. The molecule has 0 aliphatic carbocycles. The minimum atomic E-state index is -0.445. The zero-order chi connectivity index (χ0) is 14.7. The van der Waals surface area contributed by atoms with Gasteiger partial charge in [-0.25, -0.2) is 5.06 Å². The summed E-state index contributed by atoms with van der Waals surface area (Å²) in [5.74, 6) is 0. The first-order chi connectivity index (χ1) is 9.56. The number of hydroxylamine groups is 2. The van der Waals surface area contributed by atoms with Crippen LogP contribution in [0.15, 0.2) is 60.0 Å². The molecule has 0 atom stereocenters. The molecule has 0 spiro atoms. The van der Waals surface area contributed by atoms with Crippen LogP contribution in [0.25, 0.3) is 5.70 Å². The van der Waals surface area contributed by atoms with Crippen molar-refractivity contribution in [3.63, 3.8) is 0 Å². The lowest BCUT2D eigenvalue weighted by molar-refractivity contribution is -0.424. The van der Waals surface area contributed by atoms with E-state index in [0.717, 1.165) is 16.8 Å². The molecule has 0 amide bonds. The van der Waals surface area contributed by atoms with Crippen molar-refractivity contribution in [2.75, 3.05) is 6.61 Å². The number of nitro groups is 1. The normalized spacial score (nSPS) is 15.4. The summed E-state index contributed by atoms with van der Waals surface area (Å²) in [4.78, 5) is 16.2. The van der Waals surface area contributed by atoms with Crippen LogP contribution in [0, 0.1) is 10.1 Å². The highest BCUT2D eigenvalue weighted by Crippen LogP contribution is 2.34. The Morgan fingerprint density at radius 3 is 2.55 bits per heavy atom. The SMILES string of the molecule is C=C1C([N+](=O)[O-])=CC(C)=C(c2ccccc2)N1OCC. The first kappa shape index (κ1) is 14.0. The Morgan fingerprint density at radius 1 is 1.35 bits per heavy atom. The van der Waals surface area contributed by atoms with Gasteiger partial charge in [-0.2, -0.15) is 0 Å². The van der Waals surface area contributed by atoms with E-state index >= 15 is 0 Å². The fraction of sp³-hybridized carbons (Fsp3) is 0.200. The fourth-order valence-electron chi connectivity index (χ4n) is 2.13. The molecule has 0 radical (unpaired) electrons. The van der Waals surface area contributed by atoms with Crippen LogP contribution in [0.2, 0.25) is 0 Å². The van der Waals surface area contributed by atoms with Crippen molar-refractivity contribution in [3.05, 3.63) is 75.6 Å². The van der Waals surface area contributed by atoms with Gasteiger partial charge in [0.2, 0.25) is 0 Å². The molecule has 1 aromatic carbocycles. The lowest BCUT2D eigenvalue weighted by Crippen LogP contribution is -2.28. The van der Waals surface area contributed by atoms with E-state index in [1.54, 1.807) is 0 Å². The molecule has 0 unspecified atom stereocenters. The van der Waals surface area contributed by atoms with E-state index in [9.17, 15) is 10.1 Å². The average Bonchev–Trinajstić information content (AvgIpc) is 2.43. The minimum absolute atomic E-state index is 0.0457. The van der Waals surface area contributed by atoms with Crippen molar-refractivity contribution in [2.45, 2.75) is 13.8 Å². The van der Waals surface area contributed by atoms with Crippen molar-refractivity contribution in [2.24, 2.45) is 0 Å². The summed E-state index contributed by atoms with van der Waals surface area (Å²) < 4.78 is 0. The summed E-state index contributed by atoms with van der Waals surface area (Å²) >= 11 is 0. The van der Waals surface area contributed by atoms with Crippen molar-refractivity contribution in [3.8, 4) is 0 Å². The molecular formula is C15H16N2O3. The Kier molecular flexibility index (Phi) is 4.00. The van der Waals surface area contributed by atoms with Gasteiger partial charge in [0.05, 0.1) is 17.2 Å². The number of hydrogen-bond acceptors (Lipinski definition) is 4. The monoisotopic (exact) mass is 272 g/mol. The number of allylic oxidation sites excluding steroid dienone is 2. The smallest absolute Gasteiger partial charge is 0.269 e. The van der Waals surface area contributed by atoms with Crippen molar-refractivity contribution in [1.29, 1.82) is 0 Å². The number of nitrogens with zero attached hydrogens (tertiary/aromatic N) is 2. The van der Waals surface area contributed by atoms with Gasteiger partial charge in [-0.3, -0.25) is 15.0 Å². The Bertz CT molecular complexity index is 603. The van der Waals surface area contributed by atoms with Gasteiger partial charge in [-0.1, -0.05) is 36.9 Å². The average molecular weight is 272 g/mol. The molecular weight excluding hydrogens is 256 g/mol. The van der Waals surface area contributed by atoms with Crippen LogP contribution in [-0.2, 0) is 4.84 Å². The Labute approximate surface area is 117 Å². The predicted molar refractivity (Wildman–Crippen MR) is 76.7 cm³/mol. The third-order valence-corrected chi connectivity index (χ3v) is 2.97. The van der Waals surface area contributed by atoms with Crippen molar-refractivity contribution >= 4 is 5.70 Å². The zero-order valence-electron chi connectivity index (χ0n) is 11.5. The summed E-state index contributed by atoms with van der Waals surface area (Å²) in [7, 11) is 0. The maximum Gasteiger partial charge on any atom is 0.295 e. The lowest BCUT2D eigenvalue weighted by atomic mass is 10.0. The standard InChI is InChI=1S/C15H16N2O3/c1-4-20-16-12(3)14(17(18)19)10-11(2)15(16)13-8-6-5-7-9-13/h5-10H,3-4H2,1-2H3. The van der Waals surface area contributed by atoms with Crippen molar-refractivity contribution in [1.82, 2.24) is 5.06 Å². The lowest BCUT2D eigenvalue weighted by Gasteiger charge is -2.30. The van der Waals surface area contributed by atoms with Crippen LogP contribution in [0.3, 0.4) is 0 Å². The maximum absolute atomic E-state index is 11.1. The summed E-state index contributed by atoms with van der Waals surface area (Å²) in [6, 6.07) is 9.61. The molecule has 5 heteroatoms. The topological polar surface area (TPSA) is 55.6 Å². The second-order valence-electron chi connectivity index (χ2n) is 4.34. The van der Waals surface area contributed by atoms with Crippen LogP contribution >= 0.6 is 0 Å². The number of rotatable bonds is 4. The molecule has 5 nitrogen and oxygen atoms in total. The molecule has 1 aliphatic heterocycles. The first-order valence-corrected chi connectivity index (χ1v) is 6.31. The molecule has 1 aliphatic rings. The van der Waals surface area contributed by atoms with Gasteiger partial charge in [0, 0.05) is 11.6 Å². The summed E-state index contributed by atoms with van der Waals surface area (Å²) in [6.45, 7) is 7.83. The van der Waals surface area contributed by atoms with E-state index in [1.165, 1.54) is 11.1 Å². The second kappa shape index (κ2) is 5.71. The van der Waals surface area contributed by atoms with Gasteiger partial charge in [0.25, 0.3) is 5.70 Å². The van der Waals surface area contributed by atoms with Crippen LogP contribution in [-0.4, -0.2) is 16.6 Å². The van der Waals surface area contributed by atoms with Gasteiger partial charge in [0.1, 0.15) is 5.70 Å². The third kappa shape index (κ3) is 2.48. The first-order valence-electron chi connectivity index (χ1n) is 6.31. The van der Waals surface area contributed by atoms with Gasteiger partial charge in [0.15, 0.2) is 0 Å². The summed E-state index contributed by atoms with van der Waals surface area (Å²) in [5, 5.41) is 12.5. The van der Waals surface area contributed by atoms with Crippen LogP contribution in [0.4, 0.5) is 0 Å². The maximum atomic E-state index is 11.1. The number of benzene rings is 1. The zero-order valence-corrected chi connectivity index (χ0v) is 11.5. The van der Waals surface area contributed by atoms with Crippen LogP contribution in [0.1, 0.15) is 19.4 Å². The molecule has 0 saturated carbocycles. The predicted octanol–water partition coefficient (Wildman–Crippen LogP) is 3.36. The molecule has 2 rings (SSSR count). The fourth-order valence-corrected chi connectivity index (χ4v) is 2.13. The highest BCUT2D eigenvalue weighted by molar-refractivity contribution is 5.72. The molecule has 0 aromatic heterocycles. The Hall–Kier alpha value is -2.40. The van der Waals surface area contributed by atoms with E-state index in [1.807, 2.05) is 44.2 Å². The molecule has 0 fully saturated rings. The van der Waals surface area contributed by atoms with Gasteiger partial charge >= 0.3 is 0 Å². The summed E-state index contributed by atoms with van der Waals surface area (Å²) in [6.07, 6.45) is 1.53. The van der Waals surface area contributed by atoms with Gasteiger partial charge in [-0.05, 0) is 19.4 Å². The largest absolute Gasteiger partial charge is 0.295 e. The van der Waals surface area contributed by atoms with E-state index in [0.29, 0.717) is 6.61 Å². The second-order valence-corrected chi connectivity index (χ2v) is 4.34. The highest BCUT2D eigenvalue weighted by Gasteiger charge is 2.31. The van der Waals surface area contributed by atoms with E-state index in [4.69, 9.17) is 4.84 Å². The molecule has 1 aromatic rings. The Balaban J connectivity index is 2.57. The van der Waals surface area contributed by atoms with E-state index in [-0.39, 0.29) is 11.4 Å². The molecule has 0 N–H and O–H groups in total. The van der Waals surface area contributed by atoms with E-state index in [2.05, 4.69) is 6.58 Å². The van der Waals surface area contributed by atoms with Crippen LogP contribution < -0.4 is 0 Å². The molecule has 0 bridgehead atoms. The number of hydrogen-bond donors (Lipinski definition) is 0. The summed E-state index contributed by atoms with van der Waals surface area (Å²) in [5.41, 5.74) is 2.67.